The monoisotopic (exact) mass is 633 g/mol. The van der Waals surface area contributed by atoms with Crippen LogP contribution in [0, 0.1) is 0 Å². The van der Waals surface area contributed by atoms with E-state index in [2.05, 4.69) is 10.6 Å². The predicted molar refractivity (Wildman–Crippen MR) is 165 cm³/mol. The molecule has 2 atom stereocenters. The zero-order chi connectivity index (χ0) is 30.1. The van der Waals surface area contributed by atoms with Gasteiger partial charge >= 0.3 is 11.6 Å². The smallest absolute Gasteiger partial charge is 0.352 e. The van der Waals surface area contributed by atoms with Gasteiger partial charge in [0.2, 0.25) is 5.91 Å². The third-order valence-electron chi connectivity index (χ3n) is 6.89. The molecule has 0 saturated carbocycles. The quantitative estimate of drug-likeness (QED) is 0.140. The SMILES string of the molecule is O=C(Cc1cccs1)N[C@@H]1C(=O)N2C(C(=O)O)=C(CSc3ccc(NC(=O)c4cc5ccccc5oc4=O)cc3)CS[C@H]12. The molecule has 218 valence electrons. The molecule has 0 aliphatic carbocycles. The van der Waals surface area contributed by atoms with Gasteiger partial charge in [-0.3, -0.25) is 19.3 Å². The normalized spacial score (nSPS) is 17.8. The molecule has 43 heavy (non-hydrogen) atoms. The van der Waals surface area contributed by atoms with Crippen LogP contribution in [-0.2, 0) is 20.8 Å². The third kappa shape index (κ3) is 5.96. The minimum atomic E-state index is -1.19. The first-order valence-corrected chi connectivity index (χ1v) is 16.0. The number of anilines is 1. The van der Waals surface area contributed by atoms with Crippen molar-refractivity contribution in [2.45, 2.75) is 22.7 Å². The number of carboxylic acids is 1. The van der Waals surface area contributed by atoms with Crippen molar-refractivity contribution in [3.8, 4) is 0 Å². The molecule has 2 aliphatic rings. The maximum Gasteiger partial charge on any atom is 0.352 e. The van der Waals surface area contributed by atoms with Crippen LogP contribution in [0.2, 0.25) is 0 Å². The highest BCUT2D eigenvalue weighted by Gasteiger charge is 2.54. The second-order valence-electron chi connectivity index (χ2n) is 9.72. The Morgan fingerprint density at radius 1 is 1.05 bits per heavy atom. The van der Waals surface area contributed by atoms with Crippen molar-refractivity contribution in [2.75, 3.05) is 16.8 Å². The molecule has 1 fully saturated rings. The van der Waals surface area contributed by atoms with Crippen LogP contribution in [0.3, 0.4) is 0 Å². The average molecular weight is 634 g/mol. The number of carbonyl (C=O) groups excluding carboxylic acids is 3. The highest BCUT2D eigenvalue weighted by Crippen LogP contribution is 2.41. The van der Waals surface area contributed by atoms with Crippen molar-refractivity contribution in [2.24, 2.45) is 0 Å². The molecule has 0 bridgehead atoms. The van der Waals surface area contributed by atoms with Crippen LogP contribution < -0.4 is 16.3 Å². The number of hydrogen-bond acceptors (Lipinski definition) is 9. The molecular formula is C30H23N3O7S3. The number of hydrogen-bond donors (Lipinski definition) is 3. The molecule has 1 saturated heterocycles. The number of rotatable bonds is 9. The van der Waals surface area contributed by atoms with Gasteiger partial charge in [-0.05, 0) is 53.4 Å². The van der Waals surface area contributed by atoms with E-state index in [0.717, 1.165) is 9.77 Å². The van der Waals surface area contributed by atoms with Crippen molar-refractivity contribution >= 4 is 75.2 Å². The molecule has 4 aromatic rings. The fourth-order valence-electron chi connectivity index (χ4n) is 4.81. The van der Waals surface area contributed by atoms with Crippen molar-refractivity contribution in [1.82, 2.24) is 10.2 Å². The Labute approximate surface area is 257 Å². The Morgan fingerprint density at radius 3 is 2.58 bits per heavy atom. The van der Waals surface area contributed by atoms with Crippen LogP contribution in [0.5, 0.6) is 0 Å². The Bertz CT molecular complexity index is 1830. The standard InChI is InChI=1S/C30H23N3O7S3/c34-23(13-20-5-3-11-41-20)32-24-27(36)33-25(29(37)38)17(15-43-28(24)33)14-42-19-9-7-18(8-10-19)31-26(35)21-12-16-4-1-2-6-22(16)40-30(21)39/h1-12,24,28H,13-15H2,(H,31,35)(H,32,34)(H,37,38)/t24-,28-/m1/s1. The molecule has 4 heterocycles. The maximum absolute atomic E-state index is 12.9. The summed E-state index contributed by atoms with van der Waals surface area (Å²) in [5.41, 5.74) is 0.601. The van der Waals surface area contributed by atoms with E-state index in [1.807, 2.05) is 17.5 Å². The molecular weight excluding hydrogens is 611 g/mol. The van der Waals surface area contributed by atoms with E-state index in [1.54, 1.807) is 48.5 Å². The largest absolute Gasteiger partial charge is 0.477 e. The highest BCUT2D eigenvalue weighted by atomic mass is 32.2. The first-order chi connectivity index (χ1) is 20.8. The summed E-state index contributed by atoms with van der Waals surface area (Å²) in [5, 5.41) is 17.5. The molecule has 6 rings (SSSR count). The Balaban J connectivity index is 1.08. The molecule has 2 aromatic heterocycles. The molecule has 0 unspecified atom stereocenters. The van der Waals surface area contributed by atoms with Crippen LogP contribution in [0.4, 0.5) is 5.69 Å². The maximum atomic E-state index is 12.9. The van der Waals surface area contributed by atoms with Crippen molar-refractivity contribution in [3.63, 3.8) is 0 Å². The Hall–Kier alpha value is -4.33. The molecule has 2 aliphatic heterocycles. The number of amides is 3. The summed E-state index contributed by atoms with van der Waals surface area (Å²) in [6.45, 7) is 0. The van der Waals surface area contributed by atoms with Gasteiger partial charge in [-0.15, -0.1) is 34.9 Å². The zero-order valence-corrected chi connectivity index (χ0v) is 24.7. The van der Waals surface area contributed by atoms with E-state index in [9.17, 15) is 29.1 Å². The average Bonchev–Trinajstić information content (AvgIpc) is 3.51. The second kappa shape index (κ2) is 12.1. The van der Waals surface area contributed by atoms with E-state index < -0.39 is 34.8 Å². The molecule has 3 amide bonds. The summed E-state index contributed by atoms with van der Waals surface area (Å²) < 4.78 is 5.24. The number of fused-ring (bicyclic) bond motifs is 2. The van der Waals surface area contributed by atoms with Gasteiger partial charge < -0.3 is 20.2 Å². The van der Waals surface area contributed by atoms with Gasteiger partial charge in [0.05, 0.1) is 6.42 Å². The lowest BCUT2D eigenvalue weighted by Crippen LogP contribution is -2.70. The summed E-state index contributed by atoms with van der Waals surface area (Å²) >= 11 is 4.28. The van der Waals surface area contributed by atoms with Gasteiger partial charge in [0.1, 0.15) is 28.3 Å². The van der Waals surface area contributed by atoms with E-state index in [1.165, 1.54) is 45.8 Å². The second-order valence-corrected chi connectivity index (χ2v) is 12.9. The van der Waals surface area contributed by atoms with Crippen LogP contribution in [-0.4, -0.2) is 56.6 Å². The topological polar surface area (TPSA) is 146 Å². The lowest BCUT2D eigenvalue weighted by atomic mass is 10.0. The molecule has 10 nitrogen and oxygen atoms in total. The number of thiophene rings is 1. The van der Waals surface area contributed by atoms with Gasteiger partial charge in [-0.25, -0.2) is 9.59 Å². The molecule has 0 radical (unpaired) electrons. The summed E-state index contributed by atoms with van der Waals surface area (Å²) in [4.78, 5) is 65.6. The number of nitrogens with one attached hydrogen (secondary N) is 2. The summed E-state index contributed by atoms with van der Waals surface area (Å²) in [6, 6.07) is 18.3. The number of benzene rings is 2. The lowest BCUT2D eigenvalue weighted by Gasteiger charge is -2.49. The Kier molecular flexibility index (Phi) is 8.10. The van der Waals surface area contributed by atoms with Crippen LogP contribution in [0.15, 0.2) is 97.5 Å². The lowest BCUT2D eigenvalue weighted by molar-refractivity contribution is -0.150. The fourth-order valence-corrected chi connectivity index (χ4v) is 7.90. The summed E-state index contributed by atoms with van der Waals surface area (Å²) in [6.07, 6.45) is 0.170. The van der Waals surface area contributed by atoms with Crippen molar-refractivity contribution < 1.29 is 28.7 Å². The number of aliphatic carboxylic acids is 1. The van der Waals surface area contributed by atoms with E-state index in [-0.39, 0.29) is 23.6 Å². The molecule has 3 N–H and O–H groups in total. The van der Waals surface area contributed by atoms with Crippen molar-refractivity contribution in [3.05, 3.63) is 104 Å². The first-order valence-electron chi connectivity index (χ1n) is 13.1. The highest BCUT2D eigenvalue weighted by molar-refractivity contribution is 8.01. The van der Waals surface area contributed by atoms with Crippen LogP contribution in [0.1, 0.15) is 15.2 Å². The molecule has 0 spiro atoms. The zero-order valence-electron chi connectivity index (χ0n) is 22.3. The summed E-state index contributed by atoms with van der Waals surface area (Å²) in [7, 11) is 0. The summed E-state index contributed by atoms with van der Waals surface area (Å²) in [5.74, 6) is -1.74. The van der Waals surface area contributed by atoms with Gasteiger partial charge in [0.25, 0.3) is 11.8 Å². The predicted octanol–water partition coefficient (Wildman–Crippen LogP) is 4.18. The van der Waals surface area contributed by atoms with E-state index >= 15 is 0 Å². The van der Waals surface area contributed by atoms with E-state index in [4.69, 9.17) is 4.42 Å². The van der Waals surface area contributed by atoms with Gasteiger partial charge in [-0.2, -0.15) is 0 Å². The van der Waals surface area contributed by atoms with E-state index in [0.29, 0.717) is 33.7 Å². The van der Waals surface area contributed by atoms with Crippen molar-refractivity contribution in [1.29, 1.82) is 0 Å². The minimum Gasteiger partial charge on any atom is -0.477 e. The number of para-hydroxylation sites is 1. The Morgan fingerprint density at radius 2 is 1.84 bits per heavy atom. The van der Waals surface area contributed by atoms with Gasteiger partial charge in [-0.1, -0.05) is 24.3 Å². The number of β-lactam (4-membered cyclic amide) rings is 1. The van der Waals surface area contributed by atoms with Gasteiger partial charge in [0, 0.05) is 32.4 Å². The minimum absolute atomic E-state index is 0.0388. The third-order valence-corrected chi connectivity index (χ3v) is 10.2. The number of nitrogens with zero attached hydrogens (tertiary/aromatic N) is 1. The first kappa shape index (κ1) is 28.8. The fraction of sp³-hybridized carbons (Fsp3) is 0.167. The molecule has 13 heteroatoms. The number of carboxylic acid groups (broad SMARTS) is 1. The number of carbonyl (C=O) groups is 4. The van der Waals surface area contributed by atoms with Crippen LogP contribution >= 0.6 is 34.9 Å². The van der Waals surface area contributed by atoms with Gasteiger partial charge in [0.15, 0.2) is 0 Å². The number of thioether (sulfide) groups is 2. The van der Waals surface area contributed by atoms with Crippen LogP contribution in [0.25, 0.3) is 11.0 Å². The molecule has 2 aromatic carbocycles.